The second-order valence-electron chi connectivity index (χ2n) is 3.46. The van der Waals surface area contributed by atoms with Crippen molar-refractivity contribution >= 4 is 15.9 Å². The maximum atomic E-state index is 12.6. The molecule has 1 heterocycles. The maximum absolute atomic E-state index is 12.6. The van der Waals surface area contributed by atoms with E-state index in [2.05, 4.69) is 25.7 Å². The molecule has 1 aromatic rings. The van der Waals surface area contributed by atoms with E-state index >= 15 is 0 Å². The van der Waals surface area contributed by atoms with Crippen LogP contribution in [0.4, 0.5) is 26.3 Å². The molecule has 3 nitrogen and oxygen atoms in total. The van der Waals surface area contributed by atoms with Crippen LogP contribution in [0.1, 0.15) is 16.8 Å². The van der Waals surface area contributed by atoms with E-state index in [0.29, 0.717) is 6.07 Å². The first-order valence-electron chi connectivity index (χ1n) is 4.87. The highest BCUT2D eigenvalue weighted by Gasteiger charge is 2.38. The van der Waals surface area contributed by atoms with E-state index in [0.717, 1.165) is 0 Å². The highest BCUT2D eigenvalue weighted by atomic mass is 79.9. The number of rotatable bonds is 3. The van der Waals surface area contributed by atoms with Crippen molar-refractivity contribution in [2.75, 3.05) is 0 Å². The second kappa shape index (κ2) is 5.87. The highest BCUT2D eigenvalue weighted by Crippen LogP contribution is 2.35. The Morgan fingerprint density at radius 1 is 1.25 bits per heavy atom. The Bertz CT molecular complexity index is 534. The molecule has 0 unspecified atom stereocenters. The number of hydrogen-bond acceptors (Lipinski definition) is 3. The van der Waals surface area contributed by atoms with Crippen LogP contribution in [0, 0.1) is 11.3 Å². The third kappa shape index (κ3) is 4.26. The molecule has 0 spiro atoms. The first kappa shape index (κ1) is 16.6. The van der Waals surface area contributed by atoms with Gasteiger partial charge in [-0.1, -0.05) is 15.9 Å². The average Bonchev–Trinajstić information content (AvgIpc) is 2.25. The topological polar surface area (TPSA) is 45.9 Å². The van der Waals surface area contributed by atoms with Crippen molar-refractivity contribution in [3.63, 3.8) is 0 Å². The maximum Gasteiger partial charge on any atom is 0.574 e. The first-order chi connectivity index (χ1) is 9.08. The van der Waals surface area contributed by atoms with Crippen molar-refractivity contribution in [3.05, 3.63) is 22.9 Å². The number of aromatic nitrogens is 1. The Balaban J connectivity index is 3.46. The molecule has 0 aliphatic rings. The summed E-state index contributed by atoms with van der Waals surface area (Å²) in [6.07, 6.45) is -10.6. The Morgan fingerprint density at radius 3 is 2.25 bits per heavy atom. The molecule has 20 heavy (non-hydrogen) atoms. The van der Waals surface area contributed by atoms with Crippen molar-refractivity contribution in [2.45, 2.75) is 24.3 Å². The number of hydrogen-bond donors (Lipinski definition) is 0. The van der Waals surface area contributed by atoms with E-state index in [4.69, 9.17) is 5.26 Å². The molecule has 0 saturated carbocycles. The fraction of sp³-hybridized carbons (Fsp3) is 0.400. The van der Waals surface area contributed by atoms with Crippen LogP contribution < -0.4 is 4.74 Å². The normalized spacial score (nSPS) is 12.1. The largest absolute Gasteiger partial charge is 0.574 e. The lowest BCUT2D eigenvalue weighted by molar-refractivity contribution is -0.276. The van der Waals surface area contributed by atoms with Gasteiger partial charge in [0.2, 0.25) is 5.88 Å². The van der Waals surface area contributed by atoms with Crippen molar-refractivity contribution in [2.24, 2.45) is 0 Å². The summed E-state index contributed by atoms with van der Waals surface area (Å²) in [6.45, 7) is 0. The van der Waals surface area contributed by atoms with Crippen molar-refractivity contribution in [1.82, 2.24) is 4.98 Å². The third-order valence-electron chi connectivity index (χ3n) is 2.08. The molecule has 110 valence electrons. The van der Waals surface area contributed by atoms with Crippen LogP contribution in [0.25, 0.3) is 0 Å². The van der Waals surface area contributed by atoms with Gasteiger partial charge in [-0.2, -0.15) is 18.4 Å². The predicted molar refractivity (Wildman–Crippen MR) is 57.9 cm³/mol. The van der Waals surface area contributed by atoms with E-state index in [1.807, 2.05) is 0 Å². The van der Waals surface area contributed by atoms with Gasteiger partial charge in [-0.25, -0.2) is 4.98 Å². The molecule has 10 heteroatoms. The molecule has 0 aliphatic carbocycles. The van der Waals surface area contributed by atoms with E-state index in [9.17, 15) is 26.3 Å². The number of nitriles is 1. The second-order valence-corrected chi connectivity index (χ2v) is 4.03. The van der Waals surface area contributed by atoms with Gasteiger partial charge in [0.05, 0.1) is 12.5 Å². The first-order valence-corrected chi connectivity index (χ1v) is 5.99. The van der Waals surface area contributed by atoms with Crippen molar-refractivity contribution in [3.8, 4) is 11.9 Å². The summed E-state index contributed by atoms with van der Waals surface area (Å²) in [7, 11) is 0. The number of nitrogens with zero attached hydrogens (tertiary/aromatic N) is 2. The van der Waals surface area contributed by atoms with Crippen molar-refractivity contribution in [1.29, 1.82) is 5.26 Å². The minimum Gasteiger partial charge on any atom is -0.388 e. The van der Waals surface area contributed by atoms with Gasteiger partial charge in [0.1, 0.15) is 5.69 Å². The van der Waals surface area contributed by atoms with Gasteiger partial charge in [0.15, 0.2) is 0 Å². The van der Waals surface area contributed by atoms with E-state index in [-0.39, 0.29) is 16.5 Å². The van der Waals surface area contributed by atoms with Crippen molar-refractivity contribution < 1.29 is 31.1 Å². The summed E-state index contributed by atoms with van der Waals surface area (Å²) in [4.78, 5) is 2.84. The molecule has 0 aromatic carbocycles. The van der Waals surface area contributed by atoms with Gasteiger partial charge in [-0.3, -0.25) is 0 Å². The number of alkyl halides is 7. The van der Waals surface area contributed by atoms with Gasteiger partial charge in [0.25, 0.3) is 0 Å². The highest BCUT2D eigenvalue weighted by molar-refractivity contribution is 9.08. The van der Waals surface area contributed by atoms with Crippen LogP contribution in [0.5, 0.6) is 5.88 Å². The molecule has 0 fully saturated rings. The summed E-state index contributed by atoms with van der Waals surface area (Å²) in [5.74, 6) is -1.21. The number of pyridine rings is 1. The molecule has 0 atom stereocenters. The average molecular weight is 363 g/mol. The number of ether oxygens (including phenoxy) is 1. The van der Waals surface area contributed by atoms with Gasteiger partial charge < -0.3 is 4.74 Å². The SMILES string of the molecule is N#CCc1cc(C(F)(F)F)nc(OC(F)(F)F)c1CBr. The smallest absolute Gasteiger partial charge is 0.388 e. The zero-order chi connectivity index (χ0) is 15.6. The molecular weight excluding hydrogens is 358 g/mol. The summed E-state index contributed by atoms with van der Waals surface area (Å²) < 4.78 is 77.7. The summed E-state index contributed by atoms with van der Waals surface area (Å²) in [6, 6.07) is 2.11. The molecule has 0 N–H and O–H groups in total. The van der Waals surface area contributed by atoms with E-state index < -0.39 is 30.5 Å². The van der Waals surface area contributed by atoms with Gasteiger partial charge in [-0.15, -0.1) is 13.2 Å². The Labute approximate surface area is 117 Å². The monoisotopic (exact) mass is 362 g/mol. The Morgan fingerprint density at radius 2 is 1.85 bits per heavy atom. The molecule has 0 radical (unpaired) electrons. The van der Waals surface area contributed by atoms with E-state index in [1.165, 1.54) is 0 Å². The van der Waals surface area contributed by atoms with Gasteiger partial charge >= 0.3 is 12.5 Å². The molecule has 1 aromatic heterocycles. The van der Waals surface area contributed by atoms with E-state index in [1.54, 1.807) is 6.07 Å². The van der Waals surface area contributed by atoms with Crippen LogP contribution >= 0.6 is 15.9 Å². The summed E-state index contributed by atoms with van der Waals surface area (Å²) in [5.41, 5.74) is -2.03. The quantitative estimate of drug-likeness (QED) is 0.603. The molecular formula is C10H5BrF6N2O. The molecule has 0 aliphatic heterocycles. The number of halogens is 7. The zero-order valence-corrected chi connectivity index (χ0v) is 11.0. The van der Waals surface area contributed by atoms with Gasteiger partial charge in [0, 0.05) is 10.9 Å². The molecule has 0 saturated heterocycles. The fourth-order valence-electron chi connectivity index (χ4n) is 1.32. The lowest BCUT2D eigenvalue weighted by Gasteiger charge is -2.16. The lowest BCUT2D eigenvalue weighted by Crippen LogP contribution is -2.21. The summed E-state index contributed by atoms with van der Waals surface area (Å²) in [5, 5.41) is 8.29. The third-order valence-corrected chi connectivity index (χ3v) is 2.65. The molecule has 0 amide bonds. The molecule has 0 bridgehead atoms. The lowest BCUT2D eigenvalue weighted by atomic mass is 10.1. The minimum absolute atomic E-state index is 0.231. The van der Waals surface area contributed by atoms with Crippen LogP contribution in [0.15, 0.2) is 6.07 Å². The van der Waals surface area contributed by atoms with Crippen LogP contribution in [-0.4, -0.2) is 11.3 Å². The summed E-state index contributed by atoms with van der Waals surface area (Å²) >= 11 is 2.83. The minimum atomic E-state index is -5.18. The van der Waals surface area contributed by atoms with Gasteiger partial charge in [-0.05, 0) is 11.6 Å². The Kier molecular flexibility index (Phi) is 4.86. The molecule has 1 rings (SSSR count). The predicted octanol–water partition coefficient (Wildman–Crippen LogP) is 3.96. The van der Waals surface area contributed by atoms with Crippen LogP contribution in [-0.2, 0) is 17.9 Å². The zero-order valence-electron chi connectivity index (χ0n) is 9.44. The standard InChI is InChI=1S/C10H5BrF6N2O/c11-4-6-5(1-2-18)3-7(9(12,13)14)19-8(6)20-10(15,16)17/h3H,1,4H2. The van der Waals surface area contributed by atoms with Crippen LogP contribution in [0.3, 0.4) is 0 Å². The van der Waals surface area contributed by atoms with Crippen LogP contribution in [0.2, 0.25) is 0 Å². The Hall–Kier alpha value is -1.50. The fourth-order valence-corrected chi connectivity index (χ4v) is 1.92.